The predicted molar refractivity (Wildman–Crippen MR) is 67.4 cm³/mol. The zero-order chi connectivity index (χ0) is 12.5. The van der Waals surface area contributed by atoms with E-state index in [1.54, 1.807) is 24.3 Å². The van der Waals surface area contributed by atoms with Crippen LogP contribution in [0.5, 0.6) is 0 Å². The van der Waals surface area contributed by atoms with Crippen molar-refractivity contribution in [2.24, 2.45) is 0 Å². The summed E-state index contributed by atoms with van der Waals surface area (Å²) < 4.78 is 48.8. The summed E-state index contributed by atoms with van der Waals surface area (Å²) in [4.78, 5) is 0. The summed E-state index contributed by atoms with van der Waals surface area (Å²) in [6.45, 7) is 0. The van der Waals surface area contributed by atoms with E-state index in [2.05, 4.69) is 4.18 Å². The van der Waals surface area contributed by atoms with Crippen molar-refractivity contribution in [2.45, 2.75) is 12.0 Å². The van der Waals surface area contributed by atoms with E-state index in [4.69, 9.17) is 0 Å². The van der Waals surface area contributed by atoms with Crippen molar-refractivity contribution in [1.29, 1.82) is 0 Å². The number of hydrogen-bond donors (Lipinski definition) is 0. The van der Waals surface area contributed by atoms with E-state index in [1.165, 1.54) is 0 Å². The summed E-state index contributed by atoms with van der Waals surface area (Å²) in [6, 6.07) is 8.93. The van der Waals surface area contributed by atoms with Crippen LogP contribution < -0.4 is 0 Å². The maximum Gasteiger partial charge on any atom is 0.153 e. The molecule has 1 aliphatic heterocycles. The van der Waals surface area contributed by atoms with Gasteiger partial charge in [-0.25, -0.2) is 12.6 Å². The number of sulfone groups is 1. The largest absolute Gasteiger partial charge is 0.750 e. The maximum atomic E-state index is 11.5. The Kier molecular flexibility index (Phi) is 5.98. The Labute approximate surface area is 131 Å². The Morgan fingerprint density at radius 2 is 1.83 bits per heavy atom. The topological polar surface area (TPSA) is 83.5 Å². The van der Waals surface area contributed by atoms with Gasteiger partial charge in [0.1, 0.15) is 0 Å². The molecule has 0 bridgehead atoms. The quantitative estimate of drug-likeness (QED) is 0.579. The van der Waals surface area contributed by atoms with Crippen LogP contribution in [-0.2, 0) is 25.4 Å². The van der Waals surface area contributed by atoms with Crippen LogP contribution in [0.1, 0.15) is 11.5 Å². The van der Waals surface area contributed by atoms with Gasteiger partial charge in [-0.3, -0.25) is 4.18 Å². The monoisotopic (exact) mass is 298 g/mol. The molecule has 0 aliphatic carbocycles. The van der Waals surface area contributed by atoms with E-state index in [0.717, 1.165) is 5.56 Å². The Morgan fingerprint density at radius 1 is 1.22 bits per heavy atom. The molecule has 0 saturated carbocycles. The molecule has 1 fully saturated rings. The van der Waals surface area contributed by atoms with Crippen molar-refractivity contribution in [3.05, 3.63) is 35.9 Å². The molecule has 0 aromatic heterocycles. The molecule has 95 valence electrons. The summed E-state index contributed by atoms with van der Waals surface area (Å²) in [6.07, 6.45) is -0.819. The normalized spacial score (nSPS) is 27.4. The summed E-state index contributed by atoms with van der Waals surface area (Å²) in [5.74, 6) is -0.738. The molecule has 1 aromatic rings. The van der Waals surface area contributed by atoms with E-state index in [-0.39, 0.29) is 41.1 Å². The van der Waals surface area contributed by atoms with E-state index >= 15 is 0 Å². The van der Waals surface area contributed by atoms with Crippen molar-refractivity contribution in [1.82, 2.24) is 0 Å². The van der Waals surface area contributed by atoms with Crippen LogP contribution in [0.25, 0.3) is 0 Å². The molecule has 1 heterocycles. The molecule has 3 unspecified atom stereocenters. The molecule has 1 radical (unpaired) electrons. The molecule has 1 aliphatic rings. The molecule has 3 atom stereocenters. The van der Waals surface area contributed by atoms with Gasteiger partial charge in [0, 0.05) is 35.5 Å². The van der Waals surface area contributed by atoms with Gasteiger partial charge in [0.2, 0.25) is 0 Å². The minimum Gasteiger partial charge on any atom is -0.750 e. The molecular weight excluding hydrogens is 287 g/mol. The minimum atomic E-state index is -3.24. The SMILES string of the molecule is O=S([O-])OC1CS(=O)(=O)CC1c1ccccc1.[Na]. The van der Waals surface area contributed by atoms with Crippen LogP contribution >= 0.6 is 0 Å². The summed E-state index contributed by atoms with van der Waals surface area (Å²) >= 11 is -2.70. The maximum absolute atomic E-state index is 11.5. The summed E-state index contributed by atoms with van der Waals surface area (Å²) in [5.41, 5.74) is 0.782. The Bertz CT molecular complexity index is 516. The fourth-order valence-electron chi connectivity index (χ4n) is 2.02. The molecule has 8 heteroatoms. The predicted octanol–water partition coefficient (Wildman–Crippen LogP) is -0.00290. The van der Waals surface area contributed by atoms with Crippen molar-refractivity contribution in [3.8, 4) is 0 Å². The molecule has 2 rings (SSSR count). The molecular formula is C10H11NaO5S2-. The Morgan fingerprint density at radius 3 is 2.39 bits per heavy atom. The third-order valence-electron chi connectivity index (χ3n) is 2.73. The van der Waals surface area contributed by atoms with Gasteiger partial charge >= 0.3 is 0 Å². The molecule has 5 nitrogen and oxygen atoms in total. The van der Waals surface area contributed by atoms with E-state index in [9.17, 15) is 17.2 Å². The van der Waals surface area contributed by atoms with Crippen LogP contribution in [0.4, 0.5) is 0 Å². The van der Waals surface area contributed by atoms with Gasteiger partial charge in [-0.2, -0.15) is 0 Å². The minimum absolute atomic E-state index is 0. The average molecular weight is 298 g/mol. The van der Waals surface area contributed by atoms with Crippen LogP contribution in [0.3, 0.4) is 0 Å². The zero-order valence-corrected chi connectivity index (χ0v) is 13.4. The second kappa shape index (κ2) is 6.60. The van der Waals surface area contributed by atoms with Gasteiger partial charge < -0.3 is 4.55 Å². The molecule has 0 spiro atoms. The molecule has 0 amide bonds. The average Bonchev–Trinajstić information content (AvgIpc) is 2.54. The van der Waals surface area contributed by atoms with Gasteiger partial charge in [-0.15, -0.1) is 0 Å². The molecule has 0 N–H and O–H groups in total. The summed E-state index contributed by atoms with van der Waals surface area (Å²) in [7, 11) is -3.24. The zero-order valence-electron chi connectivity index (χ0n) is 9.81. The van der Waals surface area contributed by atoms with Gasteiger partial charge in [-0.1, -0.05) is 30.3 Å². The fourth-order valence-corrected chi connectivity index (χ4v) is 4.40. The standard InChI is InChI=1S/C10H12O5S2.Na/c11-16(12)15-10-7-17(13,14)6-9(10)8-4-2-1-3-5-8;/h1-5,9-10H,6-7H2,(H,11,12);/p-1. The van der Waals surface area contributed by atoms with Gasteiger partial charge in [0.15, 0.2) is 9.84 Å². The van der Waals surface area contributed by atoms with Crippen LogP contribution in [0.15, 0.2) is 30.3 Å². The second-order valence-electron chi connectivity index (χ2n) is 3.93. The smallest absolute Gasteiger partial charge is 0.153 e. The van der Waals surface area contributed by atoms with Crippen molar-refractivity contribution in [2.75, 3.05) is 11.5 Å². The van der Waals surface area contributed by atoms with Crippen LogP contribution in [-0.4, -0.2) is 64.3 Å². The molecule has 1 aromatic carbocycles. The van der Waals surface area contributed by atoms with E-state index in [0.29, 0.717) is 0 Å². The molecule has 18 heavy (non-hydrogen) atoms. The van der Waals surface area contributed by atoms with Crippen molar-refractivity contribution in [3.63, 3.8) is 0 Å². The Balaban J connectivity index is 0.00000162. The van der Waals surface area contributed by atoms with E-state index in [1.807, 2.05) is 6.07 Å². The third-order valence-corrected chi connectivity index (χ3v) is 4.84. The number of hydrogen-bond acceptors (Lipinski definition) is 5. The fraction of sp³-hybridized carbons (Fsp3) is 0.400. The second-order valence-corrected chi connectivity index (χ2v) is 6.69. The first-order chi connectivity index (χ1) is 7.98. The van der Waals surface area contributed by atoms with E-state index < -0.39 is 33.2 Å². The first kappa shape index (κ1) is 16.3. The molecule has 1 saturated heterocycles. The van der Waals surface area contributed by atoms with Crippen LogP contribution in [0.2, 0.25) is 0 Å². The van der Waals surface area contributed by atoms with Gasteiger partial charge in [0.25, 0.3) is 0 Å². The summed E-state index contributed by atoms with van der Waals surface area (Å²) in [5, 5.41) is 0. The van der Waals surface area contributed by atoms with Gasteiger partial charge in [0.05, 0.1) is 29.0 Å². The number of benzene rings is 1. The first-order valence-corrected chi connectivity index (χ1v) is 7.82. The van der Waals surface area contributed by atoms with Crippen molar-refractivity contribution < 1.29 is 21.4 Å². The first-order valence-electron chi connectivity index (χ1n) is 5.00. The Hall–Kier alpha value is 0.240. The van der Waals surface area contributed by atoms with Crippen molar-refractivity contribution >= 4 is 50.8 Å². The number of rotatable bonds is 3. The van der Waals surface area contributed by atoms with Gasteiger partial charge in [-0.05, 0) is 5.56 Å². The third kappa shape index (κ3) is 4.12. The van der Waals surface area contributed by atoms with Crippen LogP contribution in [0, 0.1) is 0 Å².